The van der Waals surface area contributed by atoms with Crippen LogP contribution >= 0.6 is 11.3 Å². The number of hydrogen-bond donors (Lipinski definition) is 1. The molecule has 0 bridgehead atoms. The molecule has 2 unspecified atom stereocenters. The Morgan fingerprint density at radius 2 is 2.25 bits per heavy atom. The second-order valence-corrected chi connectivity index (χ2v) is 5.86. The highest BCUT2D eigenvalue weighted by molar-refractivity contribution is 7.11. The van der Waals surface area contributed by atoms with E-state index in [1.807, 2.05) is 0 Å². The Morgan fingerprint density at radius 1 is 1.50 bits per heavy atom. The van der Waals surface area contributed by atoms with Crippen molar-refractivity contribution in [2.45, 2.75) is 58.9 Å². The number of aromatic nitrogens is 1. The number of thiazole rings is 1. The van der Waals surface area contributed by atoms with Crippen LogP contribution in [0.5, 0.6) is 0 Å². The molecule has 1 N–H and O–H groups in total. The summed E-state index contributed by atoms with van der Waals surface area (Å²) < 4.78 is 5.80. The van der Waals surface area contributed by atoms with Crippen LogP contribution in [0.1, 0.15) is 49.4 Å². The lowest BCUT2D eigenvalue weighted by molar-refractivity contribution is -0.00318. The van der Waals surface area contributed by atoms with Crippen LogP contribution in [0.25, 0.3) is 0 Å². The predicted octanol–water partition coefficient (Wildman–Crippen LogP) is 2.66. The van der Waals surface area contributed by atoms with Gasteiger partial charge in [0.15, 0.2) is 0 Å². The van der Waals surface area contributed by atoms with Gasteiger partial charge in [-0.1, -0.05) is 13.8 Å². The normalized spacial score (nSPS) is 24.8. The molecule has 0 fully saturated rings. The minimum atomic E-state index is 0.212. The Labute approximate surface area is 101 Å². The van der Waals surface area contributed by atoms with Gasteiger partial charge >= 0.3 is 0 Å². The first-order valence-corrected chi connectivity index (χ1v) is 6.75. The molecule has 0 saturated heterocycles. The summed E-state index contributed by atoms with van der Waals surface area (Å²) in [4.78, 5) is 6.02. The van der Waals surface area contributed by atoms with Crippen molar-refractivity contribution in [3.05, 3.63) is 15.6 Å². The van der Waals surface area contributed by atoms with Crippen LogP contribution in [0.4, 0.5) is 0 Å². The van der Waals surface area contributed by atoms with E-state index in [0.29, 0.717) is 12.1 Å². The zero-order valence-corrected chi connectivity index (χ0v) is 11.2. The standard InChI is InChI=1S/C12H20N2OS/c1-7(2)13-6-11-14-10-5-8(3)15-9(4)12(10)16-11/h7-9,13H,5-6H2,1-4H3. The summed E-state index contributed by atoms with van der Waals surface area (Å²) in [7, 11) is 0. The van der Waals surface area contributed by atoms with Gasteiger partial charge in [-0.2, -0.15) is 0 Å². The average molecular weight is 240 g/mol. The summed E-state index contributed by atoms with van der Waals surface area (Å²) in [5, 5.41) is 4.59. The number of nitrogens with zero attached hydrogens (tertiary/aromatic N) is 1. The summed E-state index contributed by atoms with van der Waals surface area (Å²) in [6.07, 6.45) is 1.47. The largest absolute Gasteiger partial charge is 0.370 e. The summed E-state index contributed by atoms with van der Waals surface area (Å²) in [5.74, 6) is 0. The molecule has 1 aliphatic rings. The summed E-state index contributed by atoms with van der Waals surface area (Å²) >= 11 is 1.79. The Balaban J connectivity index is 2.10. The third-order valence-corrected chi connectivity index (χ3v) is 3.98. The quantitative estimate of drug-likeness (QED) is 0.882. The van der Waals surface area contributed by atoms with Crippen molar-refractivity contribution in [3.63, 3.8) is 0 Å². The van der Waals surface area contributed by atoms with E-state index in [4.69, 9.17) is 9.72 Å². The van der Waals surface area contributed by atoms with E-state index in [-0.39, 0.29) is 6.10 Å². The topological polar surface area (TPSA) is 34.2 Å². The molecule has 0 saturated carbocycles. The average Bonchev–Trinajstić information content (AvgIpc) is 2.57. The fourth-order valence-corrected chi connectivity index (χ4v) is 3.01. The molecule has 1 aliphatic heterocycles. The molecule has 1 aromatic heterocycles. The predicted molar refractivity (Wildman–Crippen MR) is 66.8 cm³/mol. The first-order chi connectivity index (χ1) is 7.56. The van der Waals surface area contributed by atoms with Gasteiger partial charge in [-0.15, -0.1) is 11.3 Å². The smallest absolute Gasteiger partial charge is 0.107 e. The lowest BCUT2D eigenvalue weighted by atomic mass is 10.1. The number of nitrogens with one attached hydrogen (secondary N) is 1. The summed E-state index contributed by atoms with van der Waals surface area (Å²) in [6, 6.07) is 0.508. The molecule has 0 radical (unpaired) electrons. The molecule has 0 aliphatic carbocycles. The van der Waals surface area contributed by atoms with E-state index < -0.39 is 0 Å². The minimum Gasteiger partial charge on any atom is -0.370 e. The van der Waals surface area contributed by atoms with E-state index in [0.717, 1.165) is 13.0 Å². The van der Waals surface area contributed by atoms with Crippen LogP contribution in [0.2, 0.25) is 0 Å². The molecule has 16 heavy (non-hydrogen) atoms. The maximum absolute atomic E-state index is 5.80. The summed E-state index contributed by atoms with van der Waals surface area (Å²) in [5.41, 5.74) is 1.25. The lowest BCUT2D eigenvalue weighted by Crippen LogP contribution is -2.22. The maximum Gasteiger partial charge on any atom is 0.107 e. The van der Waals surface area contributed by atoms with Crippen LogP contribution in [-0.2, 0) is 17.7 Å². The maximum atomic E-state index is 5.80. The molecule has 2 atom stereocenters. The van der Waals surface area contributed by atoms with E-state index >= 15 is 0 Å². The lowest BCUT2D eigenvalue weighted by Gasteiger charge is -2.23. The molecule has 0 aromatic carbocycles. The fourth-order valence-electron chi connectivity index (χ4n) is 1.98. The number of ether oxygens (including phenoxy) is 1. The van der Waals surface area contributed by atoms with E-state index in [2.05, 4.69) is 33.0 Å². The van der Waals surface area contributed by atoms with Crippen LogP contribution in [0.3, 0.4) is 0 Å². The number of rotatable bonds is 3. The molecule has 2 heterocycles. The van der Waals surface area contributed by atoms with Crippen molar-refractivity contribution in [3.8, 4) is 0 Å². The van der Waals surface area contributed by atoms with Gasteiger partial charge in [-0.05, 0) is 13.8 Å². The monoisotopic (exact) mass is 240 g/mol. The molecule has 90 valence electrons. The zero-order chi connectivity index (χ0) is 11.7. The van der Waals surface area contributed by atoms with Crippen molar-refractivity contribution >= 4 is 11.3 Å². The highest BCUT2D eigenvalue weighted by Gasteiger charge is 2.25. The van der Waals surface area contributed by atoms with Crippen molar-refractivity contribution in [1.82, 2.24) is 10.3 Å². The van der Waals surface area contributed by atoms with E-state index in [9.17, 15) is 0 Å². The highest BCUT2D eigenvalue weighted by atomic mass is 32.1. The molecular formula is C12H20N2OS. The Kier molecular flexibility index (Phi) is 3.62. The first kappa shape index (κ1) is 12.0. The summed E-state index contributed by atoms with van der Waals surface area (Å²) in [6.45, 7) is 9.41. The Hall–Kier alpha value is -0.450. The number of hydrogen-bond acceptors (Lipinski definition) is 4. The minimum absolute atomic E-state index is 0.212. The van der Waals surface area contributed by atoms with Crippen molar-refractivity contribution in [2.24, 2.45) is 0 Å². The van der Waals surface area contributed by atoms with Gasteiger partial charge in [0.2, 0.25) is 0 Å². The Morgan fingerprint density at radius 3 is 2.94 bits per heavy atom. The van der Waals surface area contributed by atoms with Gasteiger partial charge in [0, 0.05) is 19.0 Å². The first-order valence-electron chi connectivity index (χ1n) is 5.93. The van der Waals surface area contributed by atoms with Crippen LogP contribution in [0.15, 0.2) is 0 Å². The molecule has 3 nitrogen and oxygen atoms in total. The van der Waals surface area contributed by atoms with Crippen LogP contribution in [0, 0.1) is 0 Å². The van der Waals surface area contributed by atoms with Gasteiger partial charge in [0.25, 0.3) is 0 Å². The van der Waals surface area contributed by atoms with Gasteiger partial charge < -0.3 is 10.1 Å². The number of fused-ring (bicyclic) bond motifs is 1. The van der Waals surface area contributed by atoms with Crippen molar-refractivity contribution in [1.29, 1.82) is 0 Å². The van der Waals surface area contributed by atoms with E-state index in [1.165, 1.54) is 15.6 Å². The van der Waals surface area contributed by atoms with Gasteiger partial charge in [-0.3, -0.25) is 0 Å². The second-order valence-electron chi connectivity index (χ2n) is 4.75. The molecule has 2 rings (SSSR count). The van der Waals surface area contributed by atoms with Gasteiger partial charge in [0.05, 0.1) is 22.8 Å². The second kappa shape index (κ2) is 4.82. The molecule has 0 spiro atoms. The Bertz CT molecular complexity index is 362. The third-order valence-electron chi connectivity index (χ3n) is 2.72. The molecule has 0 amide bonds. The molecule has 4 heteroatoms. The molecular weight excluding hydrogens is 220 g/mol. The highest BCUT2D eigenvalue weighted by Crippen LogP contribution is 2.34. The zero-order valence-electron chi connectivity index (χ0n) is 10.4. The van der Waals surface area contributed by atoms with E-state index in [1.54, 1.807) is 11.3 Å². The SMILES string of the molecule is CC(C)NCc1nc2c(s1)C(C)OC(C)C2. The van der Waals surface area contributed by atoms with Crippen LogP contribution in [-0.4, -0.2) is 17.1 Å². The van der Waals surface area contributed by atoms with Gasteiger partial charge in [-0.25, -0.2) is 4.98 Å². The van der Waals surface area contributed by atoms with Crippen molar-refractivity contribution in [2.75, 3.05) is 0 Å². The van der Waals surface area contributed by atoms with Crippen LogP contribution < -0.4 is 5.32 Å². The fraction of sp³-hybridized carbons (Fsp3) is 0.750. The van der Waals surface area contributed by atoms with Crippen molar-refractivity contribution < 1.29 is 4.74 Å². The van der Waals surface area contributed by atoms with Gasteiger partial charge in [0.1, 0.15) is 5.01 Å². The molecule has 1 aromatic rings. The third kappa shape index (κ3) is 2.62.